The van der Waals surface area contributed by atoms with E-state index in [9.17, 15) is 4.79 Å². The fourth-order valence-electron chi connectivity index (χ4n) is 1.69. The molecule has 0 fully saturated rings. The minimum absolute atomic E-state index is 0.317. The van der Waals surface area contributed by atoms with Crippen molar-refractivity contribution >= 4 is 62.1 Å². The van der Waals surface area contributed by atoms with Gasteiger partial charge in [0, 0.05) is 20.1 Å². The highest BCUT2D eigenvalue weighted by Crippen LogP contribution is 2.36. The molecular weight excluding hydrogens is 397 g/mol. The lowest BCUT2D eigenvalue weighted by atomic mass is 10.2. The first kappa shape index (κ1) is 16.6. The monoisotopic (exact) mass is 407 g/mol. The lowest BCUT2D eigenvalue weighted by molar-refractivity contribution is -0.144. The predicted molar refractivity (Wildman–Crippen MR) is 91.5 cm³/mol. The van der Waals surface area contributed by atoms with Crippen LogP contribution in [0, 0.1) is 0 Å². The van der Waals surface area contributed by atoms with E-state index in [1.54, 1.807) is 31.2 Å². The number of hydrogen-bond donors (Lipinski definition) is 1. The second-order valence-electron chi connectivity index (χ2n) is 4.11. The average molecular weight is 409 g/mol. The van der Waals surface area contributed by atoms with Crippen LogP contribution in [0.3, 0.4) is 0 Å². The van der Waals surface area contributed by atoms with E-state index in [0.29, 0.717) is 16.0 Å². The van der Waals surface area contributed by atoms with Crippen LogP contribution in [0.2, 0.25) is 9.36 Å². The first-order valence-corrected chi connectivity index (χ1v) is 8.51. The normalized spacial score (nSPS) is 12.0. The zero-order valence-corrected chi connectivity index (χ0v) is 14.9. The molecule has 0 saturated carbocycles. The molecule has 3 nitrogen and oxygen atoms in total. The van der Waals surface area contributed by atoms with E-state index < -0.39 is 6.04 Å². The highest BCUT2D eigenvalue weighted by atomic mass is 79.9. The Balaban J connectivity index is 2.27. The predicted octanol–water partition coefficient (Wildman–Crippen LogP) is 5.53. The maximum Gasteiger partial charge on any atom is 0.334 e. The summed E-state index contributed by atoms with van der Waals surface area (Å²) < 4.78 is 6.48. The van der Waals surface area contributed by atoms with Gasteiger partial charge in [0.2, 0.25) is 0 Å². The van der Waals surface area contributed by atoms with E-state index in [0.717, 1.165) is 15.0 Å². The molecule has 0 aliphatic rings. The van der Waals surface area contributed by atoms with Gasteiger partial charge >= 0.3 is 5.97 Å². The molecule has 2 rings (SSSR count). The van der Waals surface area contributed by atoms with Crippen LogP contribution in [0.5, 0.6) is 0 Å². The molecule has 21 heavy (non-hydrogen) atoms. The largest absolute Gasteiger partial charge is 0.464 e. The second kappa shape index (κ2) is 7.49. The van der Waals surface area contributed by atoms with Gasteiger partial charge in [-0.1, -0.05) is 23.2 Å². The number of carbonyl (C=O) groups excluding carboxylic acids is 1. The van der Waals surface area contributed by atoms with Crippen molar-refractivity contribution in [2.24, 2.45) is 0 Å². The first-order valence-electron chi connectivity index (χ1n) is 6.14. The number of ether oxygens (including phenoxy) is 1. The Morgan fingerprint density at radius 2 is 2.05 bits per heavy atom. The molecule has 1 unspecified atom stereocenters. The van der Waals surface area contributed by atoms with Crippen LogP contribution in [0.4, 0.5) is 5.69 Å². The van der Waals surface area contributed by atoms with Crippen molar-refractivity contribution in [3.8, 4) is 0 Å². The van der Waals surface area contributed by atoms with Gasteiger partial charge in [-0.2, -0.15) is 0 Å². The summed E-state index contributed by atoms with van der Waals surface area (Å²) >= 11 is 16.6. The summed E-state index contributed by atoms with van der Waals surface area (Å²) in [6.45, 7) is 2.09. The summed E-state index contributed by atoms with van der Waals surface area (Å²) in [7, 11) is 0. The van der Waals surface area contributed by atoms with Crippen LogP contribution in [0.25, 0.3) is 0 Å². The topological polar surface area (TPSA) is 38.3 Å². The summed E-state index contributed by atoms with van der Waals surface area (Å²) in [5, 5.41) is 3.78. The third kappa shape index (κ3) is 4.36. The first-order chi connectivity index (χ1) is 10.0. The number of halogens is 3. The Bertz CT molecular complexity index is 611. The molecule has 0 radical (unpaired) electrons. The molecular formula is C14H12BrCl2NO2S. The number of thiophene rings is 1. The molecule has 7 heteroatoms. The van der Waals surface area contributed by atoms with Crippen LogP contribution in [0.1, 0.15) is 17.8 Å². The van der Waals surface area contributed by atoms with Crippen molar-refractivity contribution in [2.45, 2.75) is 13.0 Å². The molecule has 2 aromatic rings. The number of carbonyl (C=O) groups is 1. The van der Waals surface area contributed by atoms with Gasteiger partial charge in [-0.25, -0.2) is 4.79 Å². The molecule has 0 bridgehead atoms. The Labute approximate surface area is 145 Å². The van der Waals surface area contributed by atoms with Gasteiger partial charge in [-0.3, -0.25) is 0 Å². The number of nitrogens with one attached hydrogen (secondary N) is 1. The van der Waals surface area contributed by atoms with E-state index in [-0.39, 0.29) is 5.97 Å². The van der Waals surface area contributed by atoms with Crippen LogP contribution in [0.15, 0.2) is 34.8 Å². The van der Waals surface area contributed by atoms with E-state index in [4.69, 9.17) is 27.9 Å². The molecule has 0 saturated heterocycles. The van der Waals surface area contributed by atoms with Crippen molar-refractivity contribution in [1.29, 1.82) is 0 Å². The van der Waals surface area contributed by atoms with Crippen LogP contribution in [-0.4, -0.2) is 12.6 Å². The van der Waals surface area contributed by atoms with E-state index in [1.165, 1.54) is 11.3 Å². The van der Waals surface area contributed by atoms with Crippen molar-refractivity contribution in [3.63, 3.8) is 0 Å². The highest BCUT2D eigenvalue weighted by molar-refractivity contribution is 9.10. The molecule has 1 heterocycles. The summed E-state index contributed by atoms with van der Waals surface area (Å²) in [5.41, 5.74) is 0.776. The van der Waals surface area contributed by atoms with Gasteiger partial charge < -0.3 is 10.1 Å². The van der Waals surface area contributed by atoms with Gasteiger partial charge in [0.25, 0.3) is 0 Å². The summed E-state index contributed by atoms with van der Waals surface area (Å²) in [5.74, 6) is -0.349. The molecule has 0 aliphatic carbocycles. The third-order valence-corrected chi connectivity index (χ3v) is 5.42. The molecule has 1 N–H and O–H groups in total. The Morgan fingerprint density at radius 1 is 1.38 bits per heavy atom. The SMILES string of the molecule is CCOC(=O)C(Nc1ccc(Cl)cc1)c1cc(Br)c(Cl)s1. The molecule has 1 aromatic carbocycles. The zero-order valence-electron chi connectivity index (χ0n) is 11.0. The van der Waals surface area contributed by atoms with Gasteiger partial charge in [0.15, 0.2) is 6.04 Å². The molecule has 0 aliphatic heterocycles. The van der Waals surface area contributed by atoms with Gasteiger partial charge in [0.1, 0.15) is 4.34 Å². The fourth-order valence-corrected chi connectivity index (χ4v) is 3.59. The zero-order chi connectivity index (χ0) is 15.4. The van der Waals surface area contributed by atoms with Gasteiger partial charge in [-0.15, -0.1) is 11.3 Å². The number of esters is 1. The lowest BCUT2D eigenvalue weighted by Crippen LogP contribution is -2.22. The van der Waals surface area contributed by atoms with Crippen molar-refractivity contribution in [1.82, 2.24) is 0 Å². The van der Waals surface area contributed by atoms with E-state index in [1.807, 2.05) is 6.07 Å². The van der Waals surface area contributed by atoms with Crippen molar-refractivity contribution in [2.75, 3.05) is 11.9 Å². The standard InChI is InChI=1S/C14H12BrCl2NO2S/c1-2-20-14(19)12(11-7-10(15)13(17)21-11)18-9-5-3-8(16)4-6-9/h3-7,12,18H,2H2,1H3. The van der Waals surface area contributed by atoms with Crippen LogP contribution in [-0.2, 0) is 9.53 Å². The van der Waals surface area contributed by atoms with Gasteiger partial charge in [-0.05, 0) is 53.2 Å². The Kier molecular flexibility index (Phi) is 5.93. The van der Waals surface area contributed by atoms with E-state index >= 15 is 0 Å². The Morgan fingerprint density at radius 3 is 2.57 bits per heavy atom. The quantitative estimate of drug-likeness (QED) is 0.660. The molecule has 0 spiro atoms. The van der Waals surface area contributed by atoms with Crippen LogP contribution >= 0.6 is 50.5 Å². The number of benzene rings is 1. The Hall–Kier alpha value is -0.750. The third-order valence-electron chi connectivity index (χ3n) is 2.63. The summed E-state index contributed by atoms with van der Waals surface area (Å²) in [6.07, 6.45) is 0. The molecule has 1 aromatic heterocycles. The minimum Gasteiger partial charge on any atom is -0.464 e. The van der Waals surface area contributed by atoms with Crippen molar-refractivity contribution < 1.29 is 9.53 Å². The number of rotatable bonds is 5. The smallest absolute Gasteiger partial charge is 0.334 e. The minimum atomic E-state index is -0.611. The summed E-state index contributed by atoms with van der Waals surface area (Å²) in [4.78, 5) is 13.0. The van der Waals surface area contributed by atoms with Crippen LogP contribution < -0.4 is 5.32 Å². The second-order valence-corrected chi connectivity index (χ2v) is 7.08. The maximum absolute atomic E-state index is 12.2. The molecule has 0 amide bonds. The number of anilines is 1. The van der Waals surface area contributed by atoms with Gasteiger partial charge in [0.05, 0.1) is 6.61 Å². The average Bonchev–Trinajstić information content (AvgIpc) is 2.78. The molecule has 112 valence electrons. The number of hydrogen-bond acceptors (Lipinski definition) is 4. The van der Waals surface area contributed by atoms with Crippen molar-refractivity contribution in [3.05, 3.63) is 49.0 Å². The maximum atomic E-state index is 12.2. The summed E-state index contributed by atoms with van der Waals surface area (Å²) in [6, 6.07) is 8.32. The van der Waals surface area contributed by atoms with E-state index in [2.05, 4.69) is 21.2 Å². The molecule has 1 atom stereocenters. The lowest BCUT2D eigenvalue weighted by Gasteiger charge is -2.17. The fraction of sp³-hybridized carbons (Fsp3) is 0.214. The highest BCUT2D eigenvalue weighted by Gasteiger charge is 2.25.